The Hall–Kier alpha value is -3.08. The average molecular weight is 347 g/mol. The van der Waals surface area contributed by atoms with Crippen LogP contribution in [-0.4, -0.2) is 33.7 Å². The number of carbonyl (C=O) groups excluding carboxylic acids is 1. The molecule has 0 spiro atoms. The van der Waals surface area contributed by atoms with Gasteiger partial charge in [0.15, 0.2) is 0 Å². The predicted molar refractivity (Wildman–Crippen MR) is 99.6 cm³/mol. The van der Waals surface area contributed by atoms with Gasteiger partial charge in [0.25, 0.3) is 5.91 Å². The monoisotopic (exact) mass is 347 g/mol. The van der Waals surface area contributed by atoms with Crippen molar-refractivity contribution in [2.24, 2.45) is 0 Å². The van der Waals surface area contributed by atoms with Gasteiger partial charge in [0.05, 0.1) is 24.2 Å². The van der Waals surface area contributed by atoms with Crippen molar-refractivity contribution >= 4 is 5.91 Å². The lowest BCUT2D eigenvalue weighted by molar-refractivity contribution is 0.0734. The van der Waals surface area contributed by atoms with E-state index in [1.165, 1.54) is 5.69 Å². The molecule has 4 rings (SSSR count). The van der Waals surface area contributed by atoms with E-state index in [1.807, 2.05) is 77.3 Å². The Morgan fingerprint density at radius 3 is 2.62 bits per heavy atom. The van der Waals surface area contributed by atoms with Crippen LogP contribution in [0.2, 0.25) is 0 Å². The number of para-hydroxylation sites is 1. The second kappa shape index (κ2) is 7.04. The smallest absolute Gasteiger partial charge is 0.254 e. The first kappa shape index (κ1) is 16.4. The largest absolute Gasteiger partial charge is 0.494 e. The molecule has 0 atom stereocenters. The molecule has 1 aliphatic heterocycles. The molecule has 132 valence electrons. The summed E-state index contributed by atoms with van der Waals surface area (Å²) in [6, 6.07) is 17.5. The van der Waals surface area contributed by atoms with E-state index in [4.69, 9.17) is 4.74 Å². The second-order valence-electron chi connectivity index (χ2n) is 6.30. The van der Waals surface area contributed by atoms with Gasteiger partial charge in [0.2, 0.25) is 0 Å². The van der Waals surface area contributed by atoms with Gasteiger partial charge in [-0.3, -0.25) is 4.79 Å². The lowest BCUT2D eigenvalue weighted by atomic mass is 10.1. The van der Waals surface area contributed by atoms with Gasteiger partial charge in [-0.1, -0.05) is 18.2 Å². The minimum atomic E-state index is 0.0474. The van der Waals surface area contributed by atoms with Gasteiger partial charge >= 0.3 is 0 Å². The van der Waals surface area contributed by atoms with Crippen molar-refractivity contribution in [1.82, 2.24) is 14.7 Å². The average Bonchev–Trinajstić information content (AvgIpc) is 3.12. The number of hydrogen-bond acceptors (Lipinski definition) is 3. The summed E-state index contributed by atoms with van der Waals surface area (Å²) in [5.74, 6) is 0.834. The molecular weight excluding hydrogens is 326 g/mol. The molecule has 0 N–H and O–H groups in total. The molecule has 2 heterocycles. The van der Waals surface area contributed by atoms with Crippen LogP contribution in [0.25, 0.3) is 5.69 Å². The van der Waals surface area contributed by atoms with Gasteiger partial charge in [-0.05, 0) is 43.3 Å². The van der Waals surface area contributed by atoms with Crippen molar-refractivity contribution < 1.29 is 9.53 Å². The molecule has 5 heteroatoms. The predicted octanol–water partition coefficient (Wildman–Crippen LogP) is 3.47. The SMILES string of the molecule is CCOc1ccc(C(=O)N2CCc3c(cnn3-c3ccccc3)C2)cc1. The second-order valence-corrected chi connectivity index (χ2v) is 6.30. The first-order chi connectivity index (χ1) is 12.8. The van der Waals surface area contributed by atoms with E-state index in [9.17, 15) is 4.79 Å². The highest BCUT2D eigenvalue weighted by Crippen LogP contribution is 2.23. The molecule has 0 saturated heterocycles. The Labute approximate surface area is 152 Å². The van der Waals surface area contributed by atoms with Gasteiger partial charge in [-0.2, -0.15) is 5.10 Å². The van der Waals surface area contributed by atoms with Crippen LogP contribution < -0.4 is 4.74 Å². The number of nitrogens with zero attached hydrogens (tertiary/aromatic N) is 3. The van der Waals surface area contributed by atoms with E-state index < -0.39 is 0 Å². The third-order valence-electron chi connectivity index (χ3n) is 4.64. The summed E-state index contributed by atoms with van der Waals surface area (Å²) in [6.07, 6.45) is 2.67. The van der Waals surface area contributed by atoms with Crippen LogP contribution in [0.5, 0.6) is 5.75 Å². The molecule has 0 aliphatic carbocycles. The first-order valence-corrected chi connectivity index (χ1v) is 8.89. The molecule has 5 nitrogen and oxygen atoms in total. The van der Waals surface area contributed by atoms with Crippen LogP contribution >= 0.6 is 0 Å². The van der Waals surface area contributed by atoms with Crippen molar-refractivity contribution in [2.45, 2.75) is 19.9 Å². The zero-order valence-corrected chi connectivity index (χ0v) is 14.8. The van der Waals surface area contributed by atoms with E-state index in [-0.39, 0.29) is 5.91 Å². The van der Waals surface area contributed by atoms with Crippen molar-refractivity contribution in [3.8, 4) is 11.4 Å². The van der Waals surface area contributed by atoms with Crippen molar-refractivity contribution in [3.05, 3.63) is 77.6 Å². The first-order valence-electron chi connectivity index (χ1n) is 8.89. The van der Waals surface area contributed by atoms with E-state index in [0.717, 1.165) is 23.4 Å². The Balaban J connectivity index is 1.52. The summed E-state index contributed by atoms with van der Waals surface area (Å²) in [5, 5.41) is 4.53. The number of benzene rings is 2. The van der Waals surface area contributed by atoms with Gasteiger partial charge in [-0.25, -0.2) is 4.68 Å². The van der Waals surface area contributed by atoms with Crippen LogP contribution in [0.3, 0.4) is 0 Å². The summed E-state index contributed by atoms with van der Waals surface area (Å²) >= 11 is 0. The number of hydrogen-bond donors (Lipinski definition) is 0. The Morgan fingerprint density at radius 1 is 1.12 bits per heavy atom. The molecular formula is C21H21N3O2. The van der Waals surface area contributed by atoms with Crippen molar-refractivity contribution in [2.75, 3.05) is 13.2 Å². The van der Waals surface area contributed by atoms with Crippen LogP contribution in [0.4, 0.5) is 0 Å². The number of rotatable bonds is 4. The summed E-state index contributed by atoms with van der Waals surface area (Å²) < 4.78 is 7.42. The molecule has 0 radical (unpaired) electrons. The topological polar surface area (TPSA) is 47.4 Å². The third kappa shape index (κ3) is 3.08. The van der Waals surface area contributed by atoms with Crippen LogP contribution in [0.1, 0.15) is 28.5 Å². The third-order valence-corrected chi connectivity index (χ3v) is 4.64. The number of aromatic nitrogens is 2. The molecule has 0 bridgehead atoms. The number of amides is 1. The highest BCUT2D eigenvalue weighted by atomic mass is 16.5. The molecule has 1 aliphatic rings. The fourth-order valence-electron chi connectivity index (χ4n) is 3.34. The Bertz CT molecular complexity index is 901. The maximum atomic E-state index is 12.8. The summed E-state index contributed by atoms with van der Waals surface area (Å²) in [7, 11) is 0. The van der Waals surface area contributed by atoms with Crippen LogP contribution in [-0.2, 0) is 13.0 Å². The Kier molecular flexibility index (Phi) is 4.44. The van der Waals surface area contributed by atoms with Gasteiger partial charge in [-0.15, -0.1) is 0 Å². The molecule has 0 saturated carbocycles. The van der Waals surface area contributed by atoms with Gasteiger partial charge in [0.1, 0.15) is 5.75 Å². The van der Waals surface area contributed by atoms with Crippen LogP contribution in [0, 0.1) is 0 Å². The molecule has 2 aromatic carbocycles. The van der Waals surface area contributed by atoms with Gasteiger partial charge in [0, 0.05) is 30.6 Å². The van der Waals surface area contributed by atoms with E-state index in [0.29, 0.717) is 25.3 Å². The maximum absolute atomic E-state index is 12.8. The summed E-state index contributed by atoms with van der Waals surface area (Å²) in [4.78, 5) is 14.7. The summed E-state index contributed by atoms with van der Waals surface area (Å²) in [5.41, 5.74) is 4.04. The number of fused-ring (bicyclic) bond motifs is 1. The lowest BCUT2D eigenvalue weighted by Gasteiger charge is -2.27. The Morgan fingerprint density at radius 2 is 1.88 bits per heavy atom. The minimum Gasteiger partial charge on any atom is -0.494 e. The van der Waals surface area contributed by atoms with E-state index in [2.05, 4.69) is 5.10 Å². The lowest BCUT2D eigenvalue weighted by Crippen LogP contribution is -2.36. The quantitative estimate of drug-likeness (QED) is 0.726. The zero-order chi connectivity index (χ0) is 17.9. The normalized spacial score (nSPS) is 13.3. The summed E-state index contributed by atoms with van der Waals surface area (Å²) in [6.45, 7) is 3.85. The number of carbonyl (C=O) groups is 1. The van der Waals surface area contributed by atoms with E-state index >= 15 is 0 Å². The van der Waals surface area contributed by atoms with Crippen LogP contribution in [0.15, 0.2) is 60.8 Å². The van der Waals surface area contributed by atoms with Gasteiger partial charge < -0.3 is 9.64 Å². The number of ether oxygens (including phenoxy) is 1. The molecule has 3 aromatic rings. The highest BCUT2D eigenvalue weighted by Gasteiger charge is 2.25. The maximum Gasteiger partial charge on any atom is 0.254 e. The molecule has 0 unspecified atom stereocenters. The highest BCUT2D eigenvalue weighted by molar-refractivity contribution is 5.94. The molecule has 1 aromatic heterocycles. The van der Waals surface area contributed by atoms with E-state index in [1.54, 1.807) is 0 Å². The molecule has 1 amide bonds. The fraction of sp³-hybridized carbons (Fsp3) is 0.238. The molecule has 26 heavy (non-hydrogen) atoms. The fourth-order valence-corrected chi connectivity index (χ4v) is 3.34. The van der Waals surface area contributed by atoms with Crippen molar-refractivity contribution in [3.63, 3.8) is 0 Å². The van der Waals surface area contributed by atoms with Crippen molar-refractivity contribution in [1.29, 1.82) is 0 Å². The zero-order valence-electron chi connectivity index (χ0n) is 14.8. The minimum absolute atomic E-state index is 0.0474. The standard InChI is InChI=1S/C21H21N3O2/c1-2-26-19-10-8-16(9-11-19)21(25)23-13-12-20-17(15-23)14-22-24(20)18-6-4-3-5-7-18/h3-11,14H,2,12-13,15H2,1H3. The molecule has 0 fully saturated rings.